The van der Waals surface area contributed by atoms with Gasteiger partial charge in [0.25, 0.3) is 0 Å². The number of benzene rings is 4. The van der Waals surface area contributed by atoms with E-state index in [9.17, 15) is 0 Å². The van der Waals surface area contributed by atoms with E-state index in [1.54, 1.807) is 0 Å². The number of pyridine rings is 4. The van der Waals surface area contributed by atoms with E-state index in [0.29, 0.717) is 11.4 Å². The lowest BCUT2D eigenvalue weighted by atomic mass is 9.84. The molecule has 0 aliphatic heterocycles. The Morgan fingerprint density at radius 1 is 0.525 bits per heavy atom. The minimum atomic E-state index is -0.471. The molecule has 0 atom stereocenters. The first-order valence-electron chi connectivity index (χ1n) is 23.0. The summed E-state index contributed by atoms with van der Waals surface area (Å²) in [4.78, 5) is 9.16. The molecule has 0 N–H and O–H groups in total. The first kappa shape index (κ1) is 35.4. The van der Waals surface area contributed by atoms with E-state index >= 15 is 0 Å². The van der Waals surface area contributed by atoms with Gasteiger partial charge in [-0.25, -0.2) is 19.1 Å². The fourth-order valence-electron chi connectivity index (χ4n) is 10.1. The van der Waals surface area contributed by atoms with E-state index < -0.39 is 11.8 Å². The van der Waals surface area contributed by atoms with E-state index in [1.165, 1.54) is 17.5 Å². The Kier molecular flexibility index (Phi) is 8.84. The number of fused-ring (bicyclic) bond motifs is 10. The van der Waals surface area contributed by atoms with Crippen LogP contribution in [0.5, 0.6) is 0 Å². The van der Waals surface area contributed by atoms with Gasteiger partial charge in [-0.1, -0.05) is 80.6 Å². The number of hydrogen-bond donors (Lipinski definition) is 0. The molecule has 4 aromatic carbocycles. The number of hydrogen-bond acceptors (Lipinski definition) is 4. The summed E-state index contributed by atoms with van der Waals surface area (Å²) in [5, 5.41) is 8.88. The van der Waals surface area contributed by atoms with Crippen molar-refractivity contribution in [2.24, 2.45) is 14.1 Å². The van der Waals surface area contributed by atoms with Crippen LogP contribution in [-0.4, -0.2) is 9.97 Å². The van der Waals surface area contributed by atoms with Crippen molar-refractivity contribution in [2.75, 3.05) is 0 Å². The molecule has 6 aromatic heterocycles. The average molecular weight is 803 g/mol. The highest BCUT2D eigenvalue weighted by Gasteiger charge is 2.24. The van der Waals surface area contributed by atoms with Crippen LogP contribution in [0.15, 0.2) is 131 Å². The average Bonchev–Trinajstić information content (AvgIpc) is 4.01. The molecule has 0 unspecified atom stereocenters. The van der Waals surface area contributed by atoms with Crippen molar-refractivity contribution in [3.63, 3.8) is 0 Å². The Bertz CT molecular complexity index is 3430. The summed E-state index contributed by atoms with van der Waals surface area (Å²) in [6.45, 7) is 4.27. The predicted molar refractivity (Wildman–Crippen MR) is 248 cm³/mol. The summed E-state index contributed by atoms with van der Waals surface area (Å²) in [6.07, 6.45) is 17.6. The zero-order valence-corrected chi connectivity index (χ0v) is 35.5. The van der Waals surface area contributed by atoms with Crippen molar-refractivity contribution < 1.29 is 20.7 Å². The lowest BCUT2D eigenvalue weighted by Crippen LogP contribution is -2.31. The van der Waals surface area contributed by atoms with Gasteiger partial charge in [0.15, 0.2) is 12.4 Å². The quantitative estimate of drug-likeness (QED) is 0.166. The second kappa shape index (κ2) is 15.3. The number of nitrogens with zero attached hydrogens (tertiary/aromatic N) is 4. The molecule has 2 fully saturated rings. The fourth-order valence-corrected chi connectivity index (χ4v) is 10.1. The second-order valence-corrected chi connectivity index (χ2v) is 17.4. The molecule has 302 valence electrons. The van der Waals surface area contributed by atoms with Crippen LogP contribution >= 0.6 is 0 Å². The van der Waals surface area contributed by atoms with Crippen LogP contribution < -0.4 is 9.13 Å². The zero-order valence-electron chi connectivity index (χ0n) is 37.5. The maximum absolute atomic E-state index is 9.12. The van der Waals surface area contributed by atoms with Gasteiger partial charge in [0, 0.05) is 72.1 Å². The van der Waals surface area contributed by atoms with E-state index in [-0.39, 0.29) is 0 Å². The van der Waals surface area contributed by atoms with Crippen LogP contribution in [0, 0.1) is 13.8 Å². The van der Waals surface area contributed by atoms with Crippen LogP contribution in [0.4, 0.5) is 0 Å². The Hall–Kier alpha value is -6.40. The smallest absolute Gasteiger partial charge is 0.227 e. The van der Waals surface area contributed by atoms with Gasteiger partial charge in [-0.3, -0.25) is 0 Å². The Balaban J connectivity index is 0.000000141. The number of rotatable bonds is 4. The number of aryl methyl sites for hydroxylation is 4. The molecule has 2 aliphatic carbocycles. The van der Waals surface area contributed by atoms with Crippen molar-refractivity contribution in [1.82, 2.24) is 9.97 Å². The fraction of sp³-hybridized carbons (Fsp3) is 0.273. The summed E-state index contributed by atoms with van der Waals surface area (Å²) in [5.74, 6) is -0.925. The van der Waals surface area contributed by atoms with Gasteiger partial charge >= 0.3 is 0 Å². The van der Waals surface area contributed by atoms with E-state index in [2.05, 4.69) is 144 Å². The van der Waals surface area contributed by atoms with E-state index in [1.807, 2.05) is 24.5 Å². The van der Waals surface area contributed by atoms with Crippen molar-refractivity contribution in [1.29, 1.82) is 0 Å². The molecule has 2 saturated carbocycles. The molecule has 0 amide bonds. The topological polar surface area (TPSA) is 59.8 Å². The predicted octanol–water partition coefficient (Wildman–Crippen LogP) is 13.6. The Morgan fingerprint density at radius 3 is 1.41 bits per heavy atom. The van der Waals surface area contributed by atoms with Gasteiger partial charge in [0.2, 0.25) is 22.8 Å². The lowest BCUT2D eigenvalue weighted by Gasteiger charge is -2.21. The molecule has 0 saturated heterocycles. The zero-order chi connectivity index (χ0) is 43.0. The third-order valence-corrected chi connectivity index (χ3v) is 13.5. The first-order valence-corrected chi connectivity index (χ1v) is 22.0. The molecular weight excluding hydrogens is 749 g/mol. The van der Waals surface area contributed by atoms with Crippen LogP contribution in [0.2, 0.25) is 0 Å². The molecule has 12 rings (SSSR count). The third kappa shape index (κ3) is 6.64. The molecular formula is C55H52N4O2+2. The molecule has 10 aromatic rings. The second-order valence-electron chi connectivity index (χ2n) is 17.4. The van der Waals surface area contributed by atoms with Gasteiger partial charge < -0.3 is 8.83 Å². The molecule has 0 radical (unpaired) electrons. The monoisotopic (exact) mass is 802 g/mol. The SMILES string of the molecule is [2H]C1(c2cc[n+](C)c(-c3cc4c(cc3C)oc3ncc5ccccc5c34)c2)CCCC1.[2H]C1(c2cc[n+](C)c(-c3cc4c(cc3C)oc3ncc5ccccc5c34)c2)CCCCC1. The van der Waals surface area contributed by atoms with Crippen molar-refractivity contribution in [2.45, 2.75) is 83.4 Å². The van der Waals surface area contributed by atoms with Gasteiger partial charge in [0.1, 0.15) is 25.3 Å². The van der Waals surface area contributed by atoms with Crippen LogP contribution in [0.3, 0.4) is 0 Å². The Labute approximate surface area is 359 Å². The number of aromatic nitrogens is 4. The van der Waals surface area contributed by atoms with E-state index in [4.69, 9.17) is 11.6 Å². The first-order chi connectivity index (χ1) is 30.6. The minimum Gasteiger partial charge on any atom is -0.438 e. The minimum absolute atomic E-state index is 0.455. The van der Waals surface area contributed by atoms with Crippen LogP contribution in [0.25, 0.3) is 88.2 Å². The summed E-state index contributed by atoms with van der Waals surface area (Å²) >= 11 is 0. The highest BCUT2D eigenvalue weighted by molar-refractivity contribution is 6.19. The van der Waals surface area contributed by atoms with Crippen molar-refractivity contribution >= 4 is 65.7 Å². The standard InChI is InChI=1S/C28H27N2O.C27H25N2O/c1-18-14-26-24(27-22-11-7-6-10-21(22)17-29-28(27)31-26)16-23(18)25-15-20(12-13-30(25)2)19-8-4-3-5-9-19;1-17-13-25-23(26-21-10-6-5-9-20(21)16-28-27(26)30-25)15-22(17)24-14-19(11-12-29(24)2)18-7-3-4-8-18/h6-7,10-17,19H,3-5,8-9H2,1-2H3;5-6,9-16,18H,3-4,7-8H2,1-2H3/q2*+1/i19D;18D. The summed E-state index contributed by atoms with van der Waals surface area (Å²) in [7, 11) is 4.17. The number of furan rings is 2. The Morgan fingerprint density at radius 2 is 0.951 bits per heavy atom. The van der Waals surface area contributed by atoms with Gasteiger partial charge in [0.05, 0.1) is 10.8 Å². The molecule has 2 aliphatic rings. The molecule has 6 nitrogen and oxygen atoms in total. The van der Waals surface area contributed by atoms with Crippen molar-refractivity contribution in [3.8, 4) is 22.5 Å². The van der Waals surface area contributed by atoms with Crippen LogP contribution in [0.1, 0.15) is 94.6 Å². The maximum Gasteiger partial charge on any atom is 0.227 e. The van der Waals surface area contributed by atoms with Crippen molar-refractivity contribution in [3.05, 3.63) is 144 Å². The largest absolute Gasteiger partial charge is 0.438 e. The molecule has 6 heteroatoms. The summed E-state index contributed by atoms with van der Waals surface area (Å²) in [6, 6.07) is 34.2. The maximum atomic E-state index is 9.12. The molecule has 0 spiro atoms. The third-order valence-electron chi connectivity index (χ3n) is 13.5. The van der Waals surface area contributed by atoms with Crippen LogP contribution in [-0.2, 0) is 14.1 Å². The normalized spacial score (nSPS) is 16.7. The van der Waals surface area contributed by atoms with Gasteiger partial charge in [-0.05, 0) is 109 Å². The lowest BCUT2D eigenvalue weighted by molar-refractivity contribution is -0.660. The molecule has 6 heterocycles. The summed E-state index contributed by atoms with van der Waals surface area (Å²) < 4.78 is 34.7. The van der Waals surface area contributed by atoms with Gasteiger partial charge in [-0.15, -0.1) is 0 Å². The molecule has 61 heavy (non-hydrogen) atoms. The van der Waals surface area contributed by atoms with E-state index in [0.717, 1.165) is 139 Å². The highest BCUT2D eigenvalue weighted by Crippen LogP contribution is 2.41. The molecule has 0 bridgehead atoms. The van der Waals surface area contributed by atoms with Gasteiger partial charge in [-0.2, -0.15) is 0 Å². The summed E-state index contributed by atoms with van der Waals surface area (Å²) in [5.41, 5.74) is 12.3. The highest BCUT2D eigenvalue weighted by atomic mass is 16.3.